The summed E-state index contributed by atoms with van der Waals surface area (Å²) in [5, 5.41) is 0. The van der Waals surface area contributed by atoms with Gasteiger partial charge in [0.05, 0.1) is 6.61 Å². The van der Waals surface area contributed by atoms with Gasteiger partial charge in [-0.25, -0.2) is 4.39 Å². The summed E-state index contributed by atoms with van der Waals surface area (Å²) in [5.41, 5.74) is 0.566. The van der Waals surface area contributed by atoms with Crippen LogP contribution in [0.25, 0.3) is 0 Å². The van der Waals surface area contributed by atoms with E-state index in [0.29, 0.717) is 5.56 Å². The van der Waals surface area contributed by atoms with Gasteiger partial charge in [-0.1, -0.05) is 6.07 Å². The van der Waals surface area contributed by atoms with Crippen molar-refractivity contribution < 1.29 is 13.9 Å². The number of likely N-dealkylation sites (tertiary alicyclic amines) is 2. The van der Waals surface area contributed by atoms with Crippen molar-refractivity contribution in [3.63, 3.8) is 0 Å². The molecule has 0 aromatic heterocycles. The van der Waals surface area contributed by atoms with E-state index >= 15 is 0 Å². The number of halogens is 1. The van der Waals surface area contributed by atoms with Gasteiger partial charge in [-0.15, -0.1) is 0 Å². The van der Waals surface area contributed by atoms with Crippen LogP contribution >= 0.6 is 0 Å². The molecule has 2 heterocycles. The molecular weight excluding hydrogens is 271 g/mol. The summed E-state index contributed by atoms with van der Waals surface area (Å²) in [7, 11) is 1.71. The summed E-state index contributed by atoms with van der Waals surface area (Å²) in [6.07, 6.45) is 2.13. The summed E-state index contributed by atoms with van der Waals surface area (Å²) in [4.78, 5) is 16.7. The van der Waals surface area contributed by atoms with Gasteiger partial charge in [0.2, 0.25) is 0 Å². The molecule has 0 radical (unpaired) electrons. The van der Waals surface area contributed by atoms with Crippen LogP contribution in [0.2, 0.25) is 0 Å². The molecule has 0 bridgehead atoms. The third-order valence-electron chi connectivity index (χ3n) is 4.77. The van der Waals surface area contributed by atoms with Crippen molar-refractivity contribution in [3.8, 4) is 0 Å². The first kappa shape index (κ1) is 14.5. The van der Waals surface area contributed by atoms with Gasteiger partial charge < -0.3 is 9.64 Å². The molecule has 2 fully saturated rings. The maximum Gasteiger partial charge on any atom is 0.254 e. The highest BCUT2D eigenvalue weighted by atomic mass is 19.1. The first-order chi connectivity index (χ1) is 10.1. The lowest BCUT2D eigenvalue weighted by Crippen LogP contribution is -2.62. The number of carbonyl (C=O) groups excluding carboxylic acids is 1. The molecule has 0 saturated carbocycles. The molecule has 0 aliphatic carbocycles. The van der Waals surface area contributed by atoms with Gasteiger partial charge in [-0.3, -0.25) is 9.69 Å². The van der Waals surface area contributed by atoms with E-state index in [4.69, 9.17) is 4.74 Å². The van der Waals surface area contributed by atoms with Gasteiger partial charge >= 0.3 is 0 Å². The van der Waals surface area contributed by atoms with Crippen LogP contribution in [0.4, 0.5) is 4.39 Å². The van der Waals surface area contributed by atoms with Gasteiger partial charge in [0.1, 0.15) is 5.82 Å². The topological polar surface area (TPSA) is 32.8 Å². The van der Waals surface area contributed by atoms with Crippen molar-refractivity contribution in [2.24, 2.45) is 0 Å². The van der Waals surface area contributed by atoms with E-state index in [9.17, 15) is 9.18 Å². The first-order valence-electron chi connectivity index (χ1n) is 7.43. The standard InChI is InChI=1S/C16H21FN2O2/c1-21-10-9-19-8-6-16(19)5-7-18(12-16)15(20)13-3-2-4-14(17)11-13/h2-4,11H,5-10,12H2,1H3/t16-/m1/s1. The Morgan fingerprint density at radius 1 is 1.38 bits per heavy atom. The van der Waals surface area contributed by atoms with Crippen LogP contribution in [-0.4, -0.2) is 61.1 Å². The van der Waals surface area contributed by atoms with Crippen LogP contribution in [0.1, 0.15) is 23.2 Å². The largest absolute Gasteiger partial charge is 0.383 e. The fourth-order valence-electron chi connectivity index (χ4n) is 3.43. The van der Waals surface area contributed by atoms with Crippen molar-refractivity contribution in [3.05, 3.63) is 35.6 Å². The molecule has 4 nitrogen and oxygen atoms in total. The molecule has 1 amide bonds. The molecule has 0 unspecified atom stereocenters. The summed E-state index contributed by atoms with van der Waals surface area (Å²) >= 11 is 0. The number of methoxy groups -OCH3 is 1. The van der Waals surface area contributed by atoms with Crippen LogP contribution in [0.5, 0.6) is 0 Å². The van der Waals surface area contributed by atoms with Crippen LogP contribution in [0, 0.1) is 5.82 Å². The molecule has 2 aliphatic heterocycles. The molecule has 1 spiro atoms. The number of ether oxygens (including phenoxy) is 1. The fourth-order valence-corrected chi connectivity index (χ4v) is 3.43. The molecular formula is C16H21FN2O2. The van der Waals surface area contributed by atoms with E-state index in [0.717, 1.165) is 45.6 Å². The van der Waals surface area contributed by atoms with Gasteiger partial charge in [-0.05, 0) is 31.0 Å². The van der Waals surface area contributed by atoms with E-state index in [1.54, 1.807) is 19.2 Å². The number of nitrogens with zero attached hydrogens (tertiary/aromatic N) is 2. The average Bonchev–Trinajstić information content (AvgIpc) is 2.93. The Morgan fingerprint density at radius 2 is 2.19 bits per heavy atom. The first-order valence-corrected chi connectivity index (χ1v) is 7.43. The van der Waals surface area contributed by atoms with Gasteiger partial charge in [0.25, 0.3) is 5.91 Å². The molecule has 2 saturated heterocycles. The Morgan fingerprint density at radius 3 is 2.86 bits per heavy atom. The van der Waals surface area contributed by atoms with Crippen LogP contribution in [0.3, 0.4) is 0 Å². The smallest absolute Gasteiger partial charge is 0.254 e. The highest BCUT2D eigenvalue weighted by molar-refractivity contribution is 5.94. The van der Waals surface area contributed by atoms with Crippen molar-refractivity contribution in [2.45, 2.75) is 18.4 Å². The lowest BCUT2D eigenvalue weighted by atomic mass is 9.84. The maximum absolute atomic E-state index is 13.3. The minimum atomic E-state index is -0.361. The van der Waals surface area contributed by atoms with Gasteiger partial charge in [0.15, 0.2) is 0 Å². The molecule has 0 N–H and O–H groups in total. The predicted molar refractivity (Wildman–Crippen MR) is 77.7 cm³/mol. The Hall–Kier alpha value is -1.46. The van der Waals surface area contributed by atoms with Crippen LogP contribution in [0.15, 0.2) is 24.3 Å². The summed E-state index contributed by atoms with van der Waals surface area (Å²) in [6.45, 7) is 4.20. The molecule has 5 heteroatoms. The highest BCUT2D eigenvalue weighted by Crippen LogP contribution is 2.39. The Labute approximate surface area is 124 Å². The normalized spacial score (nSPS) is 25.3. The average molecular weight is 292 g/mol. The zero-order chi connectivity index (χ0) is 14.9. The van der Waals surface area contributed by atoms with E-state index in [1.165, 1.54) is 12.1 Å². The third-order valence-corrected chi connectivity index (χ3v) is 4.77. The van der Waals surface area contributed by atoms with Crippen LogP contribution in [-0.2, 0) is 4.74 Å². The number of hydrogen-bond donors (Lipinski definition) is 0. The van der Waals surface area contributed by atoms with E-state index in [2.05, 4.69) is 4.90 Å². The van der Waals surface area contributed by atoms with E-state index in [1.807, 2.05) is 4.90 Å². The Kier molecular flexibility index (Phi) is 3.95. The Bertz CT molecular complexity index is 537. The maximum atomic E-state index is 13.3. The monoisotopic (exact) mass is 292 g/mol. The molecule has 114 valence electrons. The SMILES string of the molecule is COCCN1CC[C@@]12CCN(C(=O)c1cccc(F)c1)C2. The summed E-state index contributed by atoms with van der Waals surface area (Å²) < 4.78 is 18.4. The second-order valence-electron chi connectivity index (χ2n) is 5.94. The zero-order valence-corrected chi connectivity index (χ0v) is 12.3. The van der Waals surface area contributed by atoms with Crippen molar-refractivity contribution in [2.75, 3.05) is 39.9 Å². The number of hydrogen-bond acceptors (Lipinski definition) is 3. The minimum absolute atomic E-state index is 0.0648. The molecule has 1 aromatic carbocycles. The number of rotatable bonds is 4. The molecule has 2 aliphatic rings. The Balaban J connectivity index is 1.66. The van der Waals surface area contributed by atoms with Crippen molar-refractivity contribution >= 4 is 5.91 Å². The second-order valence-corrected chi connectivity index (χ2v) is 5.94. The van der Waals surface area contributed by atoms with Gasteiger partial charge in [0, 0.05) is 44.4 Å². The number of amides is 1. The highest BCUT2D eigenvalue weighted by Gasteiger charge is 2.49. The quantitative estimate of drug-likeness (QED) is 0.848. The zero-order valence-electron chi connectivity index (χ0n) is 12.3. The van der Waals surface area contributed by atoms with E-state index in [-0.39, 0.29) is 17.3 Å². The predicted octanol–water partition coefficient (Wildman–Crippen LogP) is 1.76. The van der Waals surface area contributed by atoms with Gasteiger partial charge in [-0.2, -0.15) is 0 Å². The summed E-state index contributed by atoms with van der Waals surface area (Å²) in [5.74, 6) is -0.426. The van der Waals surface area contributed by atoms with Crippen molar-refractivity contribution in [1.82, 2.24) is 9.80 Å². The van der Waals surface area contributed by atoms with Crippen molar-refractivity contribution in [1.29, 1.82) is 0 Å². The lowest BCUT2D eigenvalue weighted by molar-refractivity contribution is -0.0213. The minimum Gasteiger partial charge on any atom is -0.383 e. The second kappa shape index (κ2) is 5.73. The molecule has 1 aromatic rings. The third kappa shape index (κ3) is 2.68. The lowest BCUT2D eigenvalue weighted by Gasteiger charge is -2.50. The van der Waals surface area contributed by atoms with Crippen LogP contribution < -0.4 is 0 Å². The molecule has 1 atom stereocenters. The molecule has 3 rings (SSSR count). The molecule has 21 heavy (non-hydrogen) atoms. The summed E-state index contributed by atoms with van der Waals surface area (Å²) in [6, 6.07) is 5.94. The number of carbonyl (C=O) groups is 1. The van der Waals surface area contributed by atoms with E-state index < -0.39 is 0 Å². The fraction of sp³-hybridized carbons (Fsp3) is 0.562. The number of benzene rings is 1.